The predicted molar refractivity (Wildman–Crippen MR) is 105 cm³/mol. The van der Waals surface area contributed by atoms with E-state index in [1.165, 1.54) is 6.21 Å². The summed E-state index contributed by atoms with van der Waals surface area (Å²) in [6.07, 6.45) is 1.50. The fraction of sp³-hybridized carbons (Fsp3) is 0.0476. The van der Waals surface area contributed by atoms with Gasteiger partial charge in [0.05, 0.1) is 6.21 Å². The molecule has 130 valence electrons. The molecule has 0 saturated heterocycles. The summed E-state index contributed by atoms with van der Waals surface area (Å²) < 4.78 is 5.67. The first-order valence-electron chi connectivity index (χ1n) is 8.08. The van der Waals surface area contributed by atoms with Crippen LogP contribution in [0.4, 0.5) is 0 Å². The van der Waals surface area contributed by atoms with E-state index in [0.717, 1.165) is 16.7 Å². The Hall–Kier alpha value is -3.11. The van der Waals surface area contributed by atoms with Crippen molar-refractivity contribution in [1.29, 1.82) is 0 Å². The van der Waals surface area contributed by atoms with Gasteiger partial charge in [0.25, 0.3) is 5.91 Å². The monoisotopic (exact) mass is 364 g/mol. The number of rotatable bonds is 6. The fourth-order valence-electron chi connectivity index (χ4n) is 2.38. The molecule has 0 atom stereocenters. The van der Waals surface area contributed by atoms with Crippen LogP contribution in [0.5, 0.6) is 5.75 Å². The van der Waals surface area contributed by atoms with Crippen LogP contribution in [-0.2, 0) is 4.79 Å². The zero-order valence-corrected chi connectivity index (χ0v) is 14.7. The average molecular weight is 365 g/mol. The molecule has 0 aliphatic carbocycles. The number of ether oxygens (including phenoxy) is 1. The summed E-state index contributed by atoms with van der Waals surface area (Å²) in [4.78, 5) is 12.0. The number of para-hydroxylation sites is 1. The van der Waals surface area contributed by atoms with Crippen LogP contribution in [0.2, 0.25) is 5.02 Å². The number of hydrazone groups is 1. The summed E-state index contributed by atoms with van der Waals surface area (Å²) in [7, 11) is 0. The van der Waals surface area contributed by atoms with Crippen molar-refractivity contribution in [2.45, 2.75) is 0 Å². The largest absolute Gasteiger partial charge is 0.483 e. The van der Waals surface area contributed by atoms with E-state index in [-0.39, 0.29) is 12.5 Å². The van der Waals surface area contributed by atoms with Crippen LogP contribution in [0.3, 0.4) is 0 Å². The van der Waals surface area contributed by atoms with Crippen molar-refractivity contribution in [1.82, 2.24) is 5.43 Å². The number of benzene rings is 3. The van der Waals surface area contributed by atoms with Gasteiger partial charge in [-0.25, -0.2) is 5.43 Å². The highest BCUT2D eigenvalue weighted by Gasteiger charge is 2.07. The smallest absolute Gasteiger partial charge is 0.277 e. The quantitative estimate of drug-likeness (QED) is 0.516. The van der Waals surface area contributed by atoms with Gasteiger partial charge in [-0.1, -0.05) is 78.3 Å². The minimum absolute atomic E-state index is 0.135. The van der Waals surface area contributed by atoms with Gasteiger partial charge in [0.2, 0.25) is 0 Å². The third-order valence-electron chi connectivity index (χ3n) is 3.63. The molecule has 0 radical (unpaired) electrons. The molecule has 0 heterocycles. The molecule has 26 heavy (non-hydrogen) atoms. The van der Waals surface area contributed by atoms with Gasteiger partial charge in [-0.15, -0.1) is 0 Å². The second-order valence-electron chi connectivity index (χ2n) is 5.47. The van der Waals surface area contributed by atoms with Crippen molar-refractivity contribution in [2.75, 3.05) is 6.61 Å². The molecule has 0 aliphatic heterocycles. The Morgan fingerprint density at radius 3 is 2.46 bits per heavy atom. The zero-order chi connectivity index (χ0) is 18.2. The maximum absolute atomic E-state index is 12.0. The Morgan fingerprint density at radius 2 is 1.65 bits per heavy atom. The lowest BCUT2D eigenvalue weighted by molar-refractivity contribution is -0.123. The Bertz CT molecular complexity index is 911. The second-order valence-corrected chi connectivity index (χ2v) is 5.87. The first-order valence-corrected chi connectivity index (χ1v) is 8.45. The van der Waals surface area contributed by atoms with Gasteiger partial charge in [0.15, 0.2) is 6.61 Å². The molecule has 5 heteroatoms. The first kappa shape index (κ1) is 17.7. The van der Waals surface area contributed by atoms with Crippen LogP contribution >= 0.6 is 11.6 Å². The third-order valence-corrected chi connectivity index (χ3v) is 3.97. The second kappa shape index (κ2) is 8.83. The van der Waals surface area contributed by atoms with Crippen molar-refractivity contribution >= 4 is 23.7 Å². The number of carbonyl (C=O) groups is 1. The third kappa shape index (κ3) is 4.71. The lowest BCUT2D eigenvalue weighted by Gasteiger charge is -2.10. The van der Waals surface area contributed by atoms with E-state index in [4.69, 9.17) is 16.3 Å². The minimum Gasteiger partial charge on any atom is -0.483 e. The molecule has 3 aromatic rings. The van der Waals surface area contributed by atoms with Crippen LogP contribution in [0.1, 0.15) is 5.56 Å². The normalized spacial score (nSPS) is 10.7. The van der Waals surface area contributed by atoms with Crippen molar-refractivity contribution < 1.29 is 9.53 Å². The van der Waals surface area contributed by atoms with Gasteiger partial charge in [-0.2, -0.15) is 5.10 Å². The van der Waals surface area contributed by atoms with Gasteiger partial charge in [-0.3, -0.25) is 4.79 Å². The number of nitrogens with one attached hydrogen (secondary N) is 1. The molecular weight excluding hydrogens is 348 g/mol. The molecule has 4 nitrogen and oxygen atoms in total. The van der Waals surface area contributed by atoms with Crippen molar-refractivity contribution in [2.24, 2.45) is 5.10 Å². The summed E-state index contributed by atoms with van der Waals surface area (Å²) in [6.45, 7) is -0.135. The molecule has 0 aliphatic rings. The van der Waals surface area contributed by atoms with Crippen LogP contribution in [-0.4, -0.2) is 18.7 Å². The van der Waals surface area contributed by atoms with Crippen LogP contribution in [0.25, 0.3) is 11.1 Å². The van der Waals surface area contributed by atoms with E-state index in [2.05, 4.69) is 10.5 Å². The fourth-order valence-corrected chi connectivity index (χ4v) is 2.56. The Kier molecular flexibility index (Phi) is 6.01. The maximum Gasteiger partial charge on any atom is 0.277 e. The Labute approximate surface area is 157 Å². The number of hydrogen-bond acceptors (Lipinski definition) is 3. The van der Waals surface area contributed by atoms with Gasteiger partial charge in [0, 0.05) is 16.1 Å². The zero-order valence-electron chi connectivity index (χ0n) is 13.9. The summed E-state index contributed by atoms with van der Waals surface area (Å²) in [6, 6.07) is 24.7. The molecule has 1 N–H and O–H groups in total. The minimum atomic E-state index is -0.351. The van der Waals surface area contributed by atoms with Crippen LogP contribution in [0.15, 0.2) is 84.0 Å². The summed E-state index contributed by atoms with van der Waals surface area (Å²) >= 11 is 6.03. The SMILES string of the molecule is O=C(COc1ccccc1-c1ccccc1)NN=Cc1ccccc1Cl. The van der Waals surface area contributed by atoms with Gasteiger partial charge >= 0.3 is 0 Å². The van der Waals surface area contributed by atoms with Crippen molar-refractivity contribution in [3.63, 3.8) is 0 Å². The molecule has 0 bridgehead atoms. The highest BCUT2D eigenvalue weighted by Crippen LogP contribution is 2.29. The van der Waals surface area contributed by atoms with E-state index in [1.807, 2.05) is 72.8 Å². The Balaban J connectivity index is 1.60. The van der Waals surface area contributed by atoms with E-state index in [0.29, 0.717) is 10.8 Å². The van der Waals surface area contributed by atoms with Crippen molar-refractivity contribution in [3.8, 4) is 16.9 Å². The van der Waals surface area contributed by atoms with Gasteiger partial charge < -0.3 is 4.74 Å². The lowest BCUT2D eigenvalue weighted by Crippen LogP contribution is -2.24. The van der Waals surface area contributed by atoms with Gasteiger partial charge in [0.1, 0.15) is 5.75 Å². The van der Waals surface area contributed by atoms with E-state index in [1.54, 1.807) is 6.07 Å². The molecule has 0 fully saturated rings. The topological polar surface area (TPSA) is 50.7 Å². The number of carbonyl (C=O) groups excluding carboxylic acids is 1. The highest BCUT2D eigenvalue weighted by atomic mass is 35.5. The standard InChI is InChI=1S/C21H17ClN2O2/c22-19-12-6-4-10-17(19)14-23-24-21(25)15-26-20-13-7-5-11-18(20)16-8-2-1-3-9-16/h1-14H,15H2,(H,24,25). The summed E-state index contributed by atoms with van der Waals surface area (Å²) in [5.74, 6) is 0.292. The predicted octanol–water partition coefficient (Wildman–Crippen LogP) is 4.54. The Morgan fingerprint density at radius 1 is 0.962 bits per heavy atom. The molecule has 0 spiro atoms. The van der Waals surface area contributed by atoms with E-state index in [9.17, 15) is 4.79 Å². The number of halogens is 1. The number of hydrogen-bond donors (Lipinski definition) is 1. The van der Waals surface area contributed by atoms with Gasteiger partial charge in [-0.05, 0) is 17.7 Å². The lowest BCUT2D eigenvalue weighted by atomic mass is 10.1. The number of nitrogens with zero attached hydrogens (tertiary/aromatic N) is 1. The first-order chi connectivity index (χ1) is 12.7. The summed E-state index contributed by atoms with van der Waals surface area (Å²) in [5.41, 5.74) is 5.12. The molecule has 0 saturated carbocycles. The van der Waals surface area contributed by atoms with Crippen LogP contribution < -0.4 is 10.2 Å². The van der Waals surface area contributed by atoms with Crippen molar-refractivity contribution in [3.05, 3.63) is 89.4 Å². The maximum atomic E-state index is 12.0. The molecule has 0 aromatic heterocycles. The average Bonchev–Trinajstić information content (AvgIpc) is 2.69. The number of amides is 1. The highest BCUT2D eigenvalue weighted by molar-refractivity contribution is 6.33. The molecule has 0 unspecified atom stereocenters. The van der Waals surface area contributed by atoms with E-state index >= 15 is 0 Å². The molecule has 3 aromatic carbocycles. The van der Waals surface area contributed by atoms with Crippen LogP contribution in [0, 0.1) is 0 Å². The molecule has 3 rings (SSSR count). The summed E-state index contributed by atoms with van der Waals surface area (Å²) in [5, 5.41) is 4.47. The molecular formula is C21H17ClN2O2. The molecule has 1 amide bonds. The van der Waals surface area contributed by atoms with E-state index < -0.39 is 0 Å².